The van der Waals surface area contributed by atoms with E-state index >= 15 is 0 Å². The van der Waals surface area contributed by atoms with Crippen LogP contribution in [0.1, 0.15) is 29.5 Å². The number of nitrogens with one attached hydrogen (secondary N) is 1. The Balaban J connectivity index is 2.01. The lowest BCUT2D eigenvalue weighted by Crippen LogP contribution is -2.12. The highest BCUT2D eigenvalue weighted by Gasteiger charge is 2.31. The molecule has 0 radical (unpaired) electrons. The van der Waals surface area contributed by atoms with Crippen molar-refractivity contribution in [1.29, 1.82) is 0 Å². The van der Waals surface area contributed by atoms with E-state index in [0.717, 1.165) is 41.2 Å². The van der Waals surface area contributed by atoms with E-state index in [4.69, 9.17) is 0 Å². The van der Waals surface area contributed by atoms with Gasteiger partial charge in [-0.2, -0.15) is 13.2 Å². The molecule has 0 saturated carbocycles. The predicted molar refractivity (Wildman–Crippen MR) is 64.6 cm³/mol. The molecule has 1 aromatic carbocycles. The van der Waals surface area contributed by atoms with E-state index in [2.05, 4.69) is 10.3 Å². The second-order valence-electron chi connectivity index (χ2n) is 4.38. The topological polar surface area (TPSA) is 24.9 Å². The molecule has 96 valence electrons. The van der Waals surface area contributed by atoms with Crippen LogP contribution < -0.4 is 5.32 Å². The van der Waals surface area contributed by atoms with Gasteiger partial charge in [-0.25, -0.2) is 4.98 Å². The van der Waals surface area contributed by atoms with Crippen LogP contribution in [-0.4, -0.2) is 11.5 Å². The molecule has 1 N–H and O–H groups in total. The van der Waals surface area contributed by atoms with Gasteiger partial charge in [0.1, 0.15) is 5.01 Å². The predicted octanol–water partition coefficient (Wildman–Crippen LogP) is 3.74. The number of halogens is 3. The van der Waals surface area contributed by atoms with E-state index in [1.165, 1.54) is 17.4 Å². The summed E-state index contributed by atoms with van der Waals surface area (Å²) in [5, 5.41) is 4.19. The van der Waals surface area contributed by atoms with Crippen LogP contribution >= 0.6 is 11.3 Å². The highest BCUT2D eigenvalue weighted by Crippen LogP contribution is 2.35. The van der Waals surface area contributed by atoms with Gasteiger partial charge < -0.3 is 5.32 Å². The van der Waals surface area contributed by atoms with Crippen molar-refractivity contribution in [2.75, 3.05) is 6.54 Å². The molecule has 0 spiro atoms. The Hall–Kier alpha value is -1.14. The Bertz CT molecular complexity index is 570. The minimum Gasteiger partial charge on any atom is -0.308 e. The molecule has 2 nitrogen and oxygen atoms in total. The van der Waals surface area contributed by atoms with Crippen molar-refractivity contribution in [3.05, 3.63) is 28.8 Å². The Kier molecular flexibility index (Phi) is 2.79. The van der Waals surface area contributed by atoms with Crippen LogP contribution in [-0.2, 0) is 6.18 Å². The lowest BCUT2D eigenvalue weighted by molar-refractivity contribution is -0.137. The third-order valence-electron chi connectivity index (χ3n) is 3.09. The number of fused-ring (bicyclic) bond motifs is 1. The molecular weight excluding hydrogens is 261 g/mol. The summed E-state index contributed by atoms with van der Waals surface area (Å²) in [5.74, 6) is 0. The summed E-state index contributed by atoms with van der Waals surface area (Å²) < 4.78 is 38.6. The first-order valence-electron chi connectivity index (χ1n) is 5.75. The number of hydrogen-bond donors (Lipinski definition) is 1. The van der Waals surface area contributed by atoms with E-state index in [1.807, 2.05) is 0 Å². The molecule has 0 aliphatic carbocycles. The fraction of sp³-hybridized carbons (Fsp3) is 0.417. The van der Waals surface area contributed by atoms with E-state index in [-0.39, 0.29) is 6.04 Å². The first-order valence-corrected chi connectivity index (χ1v) is 6.57. The van der Waals surface area contributed by atoms with Gasteiger partial charge in [0.25, 0.3) is 0 Å². The Labute approximate surface area is 106 Å². The number of alkyl halides is 3. The lowest BCUT2D eigenvalue weighted by Gasteiger charge is -2.05. The highest BCUT2D eigenvalue weighted by atomic mass is 32.1. The third-order valence-corrected chi connectivity index (χ3v) is 4.24. The van der Waals surface area contributed by atoms with E-state index < -0.39 is 11.7 Å². The summed E-state index contributed by atoms with van der Waals surface area (Å²) >= 11 is 1.47. The number of rotatable bonds is 1. The summed E-state index contributed by atoms with van der Waals surface area (Å²) in [6, 6.07) is 3.96. The first-order chi connectivity index (χ1) is 8.54. The van der Waals surface area contributed by atoms with Crippen LogP contribution in [0.15, 0.2) is 18.2 Å². The van der Waals surface area contributed by atoms with Gasteiger partial charge >= 0.3 is 6.18 Å². The summed E-state index contributed by atoms with van der Waals surface area (Å²) in [6.07, 6.45) is -2.20. The zero-order chi connectivity index (χ0) is 12.8. The van der Waals surface area contributed by atoms with Gasteiger partial charge in [-0.05, 0) is 37.6 Å². The number of benzene rings is 1. The average Bonchev–Trinajstić information content (AvgIpc) is 2.95. The Morgan fingerprint density at radius 1 is 1.33 bits per heavy atom. The SMILES string of the molecule is FC(F)(F)c1ccc2sc([C@H]3CCCN3)nc2c1. The smallest absolute Gasteiger partial charge is 0.308 e. The standard InChI is InChI=1S/C12H11F3N2S/c13-12(14,15)7-3-4-10-9(6-7)17-11(18-10)8-2-1-5-16-8/h3-4,6,8,16H,1-2,5H2/t8-/m1/s1. The van der Waals surface area contributed by atoms with Crippen LogP contribution in [0.25, 0.3) is 10.2 Å². The number of hydrogen-bond acceptors (Lipinski definition) is 3. The van der Waals surface area contributed by atoms with Gasteiger partial charge in [0.05, 0.1) is 21.8 Å². The van der Waals surface area contributed by atoms with Gasteiger partial charge in [-0.15, -0.1) is 11.3 Å². The van der Waals surface area contributed by atoms with Gasteiger partial charge in [0.15, 0.2) is 0 Å². The van der Waals surface area contributed by atoms with Gasteiger partial charge in [0, 0.05) is 0 Å². The van der Waals surface area contributed by atoms with Crippen molar-refractivity contribution in [3.63, 3.8) is 0 Å². The summed E-state index contributed by atoms with van der Waals surface area (Å²) in [4.78, 5) is 4.32. The monoisotopic (exact) mass is 272 g/mol. The molecule has 1 aromatic heterocycles. The quantitative estimate of drug-likeness (QED) is 0.855. The number of thiazole rings is 1. The van der Waals surface area contributed by atoms with E-state index in [1.54, 1.807) is 0 Å². The van der Waals surface area contributed by atoms with Gasteiger partial charge in [-0.1, -0.05) is 0 Å². The highest BCUT2D eigenvalue weighted by molar-refractivity contribution is 7.18. The molecule has 1 aliphatic heterocycles. The van der Waals surface area contributed by atoms with Crippen LogP contribution in [0, 0.1) is 0 Å². The van der Waals surface area contributed by atoms with Crippen LogP contribution in [0.2, 0.25) is 0 Å². The minimum atomic E-state index is -4.30. The van der Waals surface area contributed by atoms with Crippen molar-refractivity contribution in [2.45, 2.75) is 25.1 Å². The van der Waals surface area contributed by atoms with Crippen molar-refractivity contribution in [3.8, 4) is 0 Å². The zero-order valence-corrected chi connectivity index (χ0v) is 10.2. The van der Waals surface area contributed by atoms with Gasteiger partial charge in [0.2, 0.25) is 0 Å². The largest absolute Gasteiger partial charge is 0.416 e. The summed E-state index contributed by atoms with van der Waals surface area (Å²) in [6.45, 7) is 0.953. The normalized spacial score (nSPS) is 20.7. The molecule has 1 saturated heterocycles. The third kappa shape index (κ3) is 2.10. The fourth-order valence-electron chi connectivity index (χ4n) is 2.17. The molecule has 0 amide bonds. The molecule has 18 heavy (non-hydrogen) atoms. The Morgan fingerprint density at radius 3 is 2.83 bits per heavy atom. The molecular formula is C12H11F3N2S. The maximum absolute atomic E-state index is 12.6. The summed E-state index contributed by atoms with van der Waals surface area (Å²) in [5.41, 5.74) is -0.190. The molecule has 2 heterocycles. The van der Waals surface area contributed by atoms with Crippen LogP contribution in [0.4, 0.5) is 13.2 Å². The zero-order valence-electron chi connectivity index (χ0n) is 9.42. The maximum atomic E-state index is 12.6. The number of aromatic nitrogens is 1. The second kappa shape index (κ2) is 4.20. The van der Waals surface area contributed by atoms with Crippen LogP contribution in [0.3, 0.4) is 0 Å². The maximum Gasteiger partial charge on any atom is 0.416 e. The summed E-state index contributed by atoms with van der Waals surface area (Å²) in [7, 11) is 0. The molecule has 0 bridgehead atoms. The van der Waals surface area contributed by atoms with Crippen molar-refractivity contribution in [1.82, 2.24) is 10.3 Å². The lowest BCUT2D eigenvalue weighted by atomic mass is 10.2. The molecule has 3 rings (SSSR count). The Morgan fingerprint density at radius 2 is 2.17 bits per heavy atom. The first kappa shape index (κ1) is 11.9. The molecule has 1 fully saturated rings. The minimum absolute atomic E-state index is 0.205. The van der Waals surface area contributed by atoms with Crippen molar-refractivity contribution < 1.29 is 13.2 Å². The van der Waals surface area contributed by atoms with E-state index in [9.17, 15) is 13.2 Å². The average molecular weight is 272 g/mol. The molecule has 1 aliphatic rings. The number of nitrogens with zero attached hydrogens (tertiary/aromatic N) is 1. The van der Waals surface area contributed by atoms with Crippen molar-refractivity contribution in [2.24, 2.45) is 0 Å². The van der Waals surface area contributed by atoms with E-state index in [0.29, 0.717) is 5.52 Å². The second-order valence-corrected chi connectivity index (χ2v) is 5.44. The molecule has 2 aromatic rings. The van der Waals surface area contributed by atoms with Crippen LogP contribution in [0.5, 0.6) is 0 Å². The molecule has 6 heteroatoms. The molecule has 0 unspecified atom stereocenters. The van der Waals surface area contributed by atoms with Crippen molar-refractivity contribution >= 4 is 21.6 Å². The fourth-order valence-corrected chi connectivity index (χ4v) is 3.22. The molecule has 1 atom stereocenters. The van der Waals surface area contributed by atoms with Gasteiger partial charge in [-0.3, -0.25) is 0 Å².